The van der Waals surface area contributed by atoms with E-state index < -0.39 is 0 Å². The summed E-state index contributed by atoms with van der Waals surface area (Å²) < 4.78 is 0. The monoisotopic (exact) mass is 246 g/mol. The Balaban J connectivity index is 1.79. The summed E-state index contributed by atoms with van der Waals surface area (Å²) in [5.74, 6) is -0.123. The SMILES string of the molecule is NC(=O)C1CCN(CCC(=O)c2ccccc2)C1. The lowest BCUT2D eigenvalue weighted by Crippen LogP contribution is -2.28. The Hall–Kier alpha value is -1.68. The van der Waals surface area contributed by atoms with Crippen molar-refractivity contribution in [3.05, 3.63) is 35.9 Å². The molecule has 18 heavy (non-hydrogen) atoms. The highest BCUT2D eigenvalue weighted by Gasteiger charge is 2.26. The Labute approximate surface area is 107 Å². The van der Waals surface area contributed by atoms with E-state index in [9.17, 15) is 9.59 Å². The Morgan fingerprint density at radius 1 is 1.28 bits per heavy atom. The third-order valence-corrected chi connectivity index (χ3v) is 3.43. The summed E-state index contributed by atoms with van der Waals surface area (Å²) in [5.41, 5.74) is 6.03. The highest BCUT2D eigenvalue weighted by Crippen LogP contribution is 2.16. The van der Waals surface area contributed by atoms with Gasteiger partial charge in [-0.2, -0.15) is 0 Å². The number of carbonyl (C=O) groups is 2. The number of primary amides is 1. The zero-order chi connectivity index (χ0) is 13.0. The Morgan fingerprint density at radius 2 is 2.00 bits per heavy atom. The minimum absolute atomic E-state index is 0.0446. The van der Waals surface area contributed by atoms with Crippen LogP contribution in [0.5, 0.6) is 0 Å². The molecule has 2 rings (SSSR count). The van der Waals surface area contributed by atoms with Crippen LogP contribution in [0, 0.1) is 5.92 Å². The van der Waals surface area contributed by atoms with Crippen LogP contribution in [0.4, 0.5) is 0 Å². The summed E-state index contributed by atoms with van der Waals surface area (Å²) in [6.07, 6.45) is 1.31. The van der Waals surface area contributed by atoms with Crippen LogP contribution in [-0.2, 0) is 4.79 Å². The molecular weight excluding hydrogens is 228 g/mol. The van der Waals surface area contributed by atoms with Crippen molar-refractivity contribution >= 4 is 11.7 Å². The van der Waals surface area contributed by atoms with E-state index in [0.29, 0.717) is 19.5 Å². The topological polar surface area (TPSA) is 63.4 Å². The van der Waals surface area contributed by atoms with Gasteiger partial charge < -0.3 is 10.6 Å². The van der Waals surface area contributed by atoms with E-state index in [1.54, 1.807) is 0 Å². The number of rotatable bonds is 5. The molecule has 1 aliphatic rings. The standard InChI is InChI=1S/C14H18N2O2/c15-14(18)12-6-8-16(10-12)9-7-13(17)11-4-2-1-3-5-11/h1-5,12H,6-10H2,(H2,15,18). The van der Waals surface area contributed by atoms with Gasteiger partial charge in [-0.15, -0.1) is 0 Å². The van der Waals surface area contributed by atoms with E-state index >= 15 is 0 Å². The zero-order valence-electron chi connectivity index (χ0n) is 10.3. The molecule has 4 nitrogen and oxygen atoms in total. The van der Waals surface area contributed by atoms with Crippen molar-refractivity contribution in [2.75, 3.05) is 19.6 Å². The molecule has 0 aliphatic carbocycles. The quantitative estimate of drug-likeness (QED) is 0.790. The molecule has 0 aromatic heterocycles. The maximum atomic E-state index is 11.9. The van der Waals surface area contributed by atoms with Gasteiger partial charge in [-0.05, 0) is 13.0 Å². The molecule has 1 saturated heterocycles. The maximum Gasteiger partial charge on any atom is 0.221 e. The zero-order valence-corrected chi connectivity index (χ0v) is 10.3. The van der Waals surface area contributed by atoms with Crippen molar-refractivity contribution < 1.29 is 9.59 Å². The molecule has 4 heteroatoms. The van der Waals surface area contributed by atoms with Crippen LogP contribution in [-0.4, -0.2) is 36.2 Å². The molecule has 1 aliphatic heterocycles. The predicted octanol–water partition coefficient (Wildman–Crippen LogP) is 1.07. The first-order chi connectivity index (χ1) is 8.66. The lowest BCUT2D eigenvalue weighted by Gasteiger charge is -2.14. The normalized spacial score (nSPS) is 19.9. The third kappa shape index (κ3) is 3.17. The number of nitrogens with two attached hydrogens (primary N) is 1. The summed E-state index contributed by atoms with van der Waals surface area (Å²) in [7, 11) is 0. The van der Waals surface area contributed by atoms with Gasteiger partial charge in [0.1, 0.15) is 0 Å². The fourth-order valence-electron chi connectivity index (χ4n) is 2.30. The number of hydrogen-bond acceptors (Lipinski definition) is 3. The van der Waals surface area contributed by atoms with Gasteiger partial charge in [0.25, 0.3) is 0 Å². The van der Waals surface area contributed by atoms with Crippen molar-refractivity contribution in [3.63, 3.8) is 0 Å². The summed E-state index contributed by atoms with van der Waals surface area (Å²) in [6.45, 7) is 2.25. The molecule has 1 fully saturated rings. The number of carbonyl (C=O) groups excluding carboxylic acids is 2. The van der Waals surface area contributed by atoms with Gasteiger partial charge in [-0.1, -0.05) is 30.3 Å². The van der Waals surface area contributed by atoms with Gasteiger partial charge >= 0.3 is 0 Å². The minimum Gasteiger partial charge on any atom is -0.369 e. The van der Waals surface area contributed by atoms with Crippen molar-refractivity contribution in [2.45, 2.75) is 12.8 Å². The van der Waals surface area contributed by atoms with E-state index in [-0.39, 0.29) is 17.6 Å². The lowest BCUT2D eigenvalue weighted by atomic mass is 10.1. The molecule has 1 aromatic carbocycles. The Morgan fingerprint density at radius 3 is 2.61 bits per heavy atom. The van der Waals surface area contributed by atoms with Gasteiger partial charge in [0.05, 0.1) is 5.92 Å². The summed E-state index contributed by atoms with van der Waals surface area (Å²) in [5, 5.41) is 0. The fraction of sp³-hybridized carbons (Fsp3) is 0.429. The van der Waals surface area contributed by atoms with Crippen LogP contribution >= 0.6 is 0 Å². The molecule has 0 radical (unpaired) electrons. The molecule has 1 atom stereocenters. The van der Waals surface area contributed by atoms with E-state index in [1.807, 2.05) is 30.3 Å². The first-order valence-electron chi connectivity index (χ1n) is 6.27. The average Bonchev–Trinajstić information content (AvgIpc) is 2.86. The van der Waals surface area contributed by atoms with Gasteiger partial charge in [0.2, 0.25) is 5.91 Å². The number of nitrogens with zero attached hydrogens (tertiary/aromatic N) is 1. The maximum absolute atomic E-state index is 11.9. The number of ketones is 1. The van der Waals surface area contributed by atoms with Crippen molar-refractivity contribution in [2.24, 2.45) is 11.7 Å². The fourth-order valence-corrected chi connectivity index (χ4v) is 2.30. The van der Waals surface area contributed by atoms with Crippen LogP contribution in [0.15, 0.2) is 30.3 Å². The first kappa shape index (κ1) is 12.8. The molecule has 1 amide bonds. The van der Waals surface area contributed by atoms with E-state index in [1.165, 1.54) is 0 Å². The van der Waals surface area contributed by atoms with E-state index in [2.05, 4.69) is 4.90 Å². The molecule has 1 aromatic rings. The molecular formula is C14H18N2O2. The largest absolute Gasteiger partial charge is 0.369 e. The van der Waals surface area contributed by atoms with Crippen LogP contribution in [0.3, 0.4) is 0 Å². The minimum atomic E-state index is -0.230. The first-order valence-corrected chi connectivity index (χ1v) is 6.27. The summed E-state index contributed by atoms with van der Waals surface area (Å²) >= 11 is 0. The van der Waals surface area contributed by atoms with Crippen LogP contribution in [0.25, 0.3) is 0 Å². The Kier molecular flexibility index (Phi) is 4.10. The highest BCUT2D eigenvalue weighted by molar-refractivity contribution is 5.96. The second kappa shape index (κ2) is 5.78. The predicted molar refractivity (Wildman–Crippen MR) is 69.1 cm³/mol. The number of Topliss-reactive ketones (excluding diaryl/α,β-unsaturated/α-hetero) is 1. The number of benzene rings is 1. The van der Waals surface area contributed by atoms with Crippen molar-refractivity contribution in [3.8, 4) is 0 Å². The van der Waals surface area contributed by atoms with Gasteiger partial charge in [0.15, 0.2) is 5.78 Å². The second-order valence-corrected chi connectivity index (χ2v) is 4.73. The molecule has 2 N–H and O–H groups in total. The highest BCUT2D eigenvalue weighted by atomic mass is 16.1. The molecule has 1 unspecified atom stereocenters. The van der Waals surface area contributed by atoms with Gasteiger partial charge in [-0.3, -0.25) is 9.59 Å². The number of likely N-dealkylation sites (tertiary alicyclic amines) is 1. The Bertz CT molecular complexity index is 431. The smallest absolute Gasteiger partial charge is 0.221 e. The molecule has 0 saturated carbocycles. The van der Waals surface area contributed by atoms with Crippen molar-refractivity contribution in [1.82, 2.24) is 4.90 Å². The van der Waals surface area contributed by atoms with Crippen LogP contribution in [0.2, 0.25) is 0 Å². The van der Waals surface area contributed by atoms with Gasteiger partial charge in [-0.25, -0.2) is 0 Å². The van der Waals surface area contributed by atoms with Crippen LogP contribution in [0.1, 0.15) is 23.2 Å². The summed E-state index contributed by atoms with van der Waals surface area (Å²) in [4.78, 5) is 25.1. The average molecular weight is 246 g/mol. The molecule has 0 spiro atoms. The van der Waals surface area contributed by atoms with E-state index in [4.69, 9.17) is 5.73 Å². The summed E-state index contributed by atoms with van der Waals surface area (Å²) in [6, 6.07) is 9.30. The number of hydrogen-bond donors (Lipinski definition) is 1. The van der Waals surface area contributed by atoms with E-state index in [0.717, 1.165) is 18.5 Å². The molecule has 96 valence electrons. The molecule has 1 heterocycles. The second-order valence-electron chi connectivity index (χ2n) is 4.73. The lowest BCUT2D eigenvalue weighted by molar-refractivity contribution is -0.121. The van der Waals surface area contributed by atoms with Crippen molar-refractivity contribution in [1.29, 1.82) is 0 Å². The van der Waals surface area contributed by atoms with Gasteiger partial charge in [0, 0.05) is 25.1 Å². The number of amides is 1. The van der Waals surface area contributed by atoms with Crippen LogP contribution < -0.4 is 5.73 Å². The third-order valence-electron chi connectivity index (χ3n) is 3.43. The molecule has 0 bridgehead atoms.